The van der Waals surface area contributed by atoms with Crippen molar-refractivity contribution in [1.29, 1.82) is 0 Å². The zero-order valence-electron chi connectivity index (χ0n) is 37.4. The zero-order chi connectivity index (χ0) is 45.9. The molecule has 70 heavy (non-hydrogen) atoms. The number of thiophene rings is 1. The minimum Gasteiger partial charge on any atom is -0.456 e. The molecule has 0 spiro atoms. The van der Waals surface area contributed by atoms with Gasteiger partial charge in [-0.05, 0) is 96.1 Å². The van der Waals surface area contributed by atoms with Crippen molar-refractivity contribution in [2.45, 2.75) is 0 Å². The predicted molar refractivity (Wildman–Crippen MR) is 290 cm³/mol. The van der Waals surface area contributed by atoms with Crippen molar-refractivity contribution in [3.05, 3.63) is 224 Å². The van der Waals surface area contributed by atoms with Crippen molar-refractivity contribution in [1.82, 2.24) is 24.1 Å². The Kier molecular flexibility index (Phi) is 8.43. The average molecular weight is 912 g/mol. The monoisotopic (exact) mass is 911 g/mol. The summed E-state index contributed by atoms with van der Waals surface area (Å²) in [5.74, 6) is 1.83. The van der Waals surface area contributed by atoms with Gasteiger partial charge in [0, 0.05) is 74.9 Å². The Morgan fingerprint density at radius 3 is 1.77 bits per heavy atom. The molecule has 0 saturated carbocycles. The molecular weight excluding hydrogens is 875 g/mol. The average Bonchev–Trinajstić information content (AvgIpc) is 4.18. The molecule has 0 unspecified atom stereocenters. The van der Waals surface area contributed by atoms with E-state index in [0.29, 0.717) is 17.5 Å². The number of aromatic nitrogens is 5. The highest BCUT2D eigenvalue weighted by Gasteiger charge is 2.23. The summed E-state index contributed by atoms with van der Waals surface area (Å²) in [6.07, 6.45) is 0. The number of nitrogens with zero attached hydrogens (tertiary/aromatic N) is 5. The Labute approximate surface area is 404 Å². The van der Waals surface area contributed by atoms with Crippen LogP contribution in [0.1, 0.15) is 0 Å². The number of rotatable bonds is 6. The fourth-order valence-corrected chi connectivity index (χ4v) is 12.0. The number of hydrogen-bond acceptors (Lipinski definition) is 5. The van der Waals surface area contributed by atoms with Crippen molar-refractivity contribution in [3.63, 3.8) is 0 Å². The van der Waals surface area contributed by atoms with E-state index in [0.717, 1.165) is 88.2 Å². The molecule has 0 fully saturated rings. The molecule has 0 N–H and O–H groups in total. The maximum absolute atomic E-state index is 6.25. The van der Waals surface area contributed by atoms with Gasteiger partial charge in [-0.15, -0.1) is 11.3 Å². The maximum Gasteiger partial charge on any atom is 0.164 e. The molecule has 10 aromatic carbocycles. The van der Waals surface area contributed by atoms with E-state index in [1.165, 1.54) is 36.7 Å². The predicted octanol–water partition coefficient (Wildman–Crippen LogP) is 17.0. The van der Waals surface area contributed by atoms with Gasteiger partial charge in [0.1, 0.15) is 11.2 Å². The van der Waals surface area contributed by atoms with Crippen LogP contribution < -0.4 is 0 Å². The summed E-state index contributed by atoms with van der Waals surface area (Å²) in [5, 5.41) is 9.09. The van der Waals surface area contributed by atoms with E-state index in [9.17, 15) is 0 Å². The van der Waals surface area contributed by atoms with Gasteiger partial charge in [-0.25, -0.2) is 15.0 Å². The molecule has 5 aromatic heterocycles. The lowest BCUT2D eigenvalue weighted by atomic mass is 10.0. The summed E-state index contributed by atoms with van der Waals surface area (Å²) in [6.45, 7) is 0. The van der Waals surface area contributed by atoms with Crippen molar-refractivity contribution >= 4 is 97.1 Å². The second-order valence-electron chi connectivity index (χ2n) is 17.9. The molecular formula is C63H37N5OS. The minimum absolute atomic E-state index is 0.599. The van der Waals surface area contributed by atoms with Gasteiger partial charge in [-0.3, -0.25) is 0 Å². The SMILES string of the molecule is c1ccc(-c2cccc(-n3c4ccccc4c4cccc(-n5c6ccccc6c6cc(-c7nc(-c8ccc9oc%10ccccc%10c9c8)nc(-c8cccc9sc%10ccccc%10c89)n7)ccc65)c43)c2)cc1. The van der Waals surface area contributed by atoms with E-state index in [1.807, 2.05) is 24.3 Å². The summed E-state index contributed by atoms with van der Waals surface area (Å²) < 4.78 is 13.6. The van der Waals surface area contributed by atoms with Crippen LogP contribution in [0, 0.1) is 0 Å². The van der Waals surface area contributed by atoms with Crippen LogP contribution in [0.2, 0.25) is 0 Å². The van der Waals surface area contributed by atoms with Gasteiger partial charge >= 0.3 is 0 Å². The van der Waals surface area contributed by atoms with Crippen LogP contribution in [0.25, 0.3) is 142 Å². The smallest absolute Gasteiger partial charge is 0.164 e. The van der Waals surface area contributed by atoms with Gasteiger partial charge in [-0.2, -0.15) is 0 Å². The standard InChI is InChI=1S/C63H37N5OS/c1-2-15-38(16-3-1)39-17-12-18-42(35-39)67-51-25-8-4-19-43(51)46-23-13-27-54(60(46)67)68-52-26-9-5-20-44(52)49-36-40(31-33-53(49)68)61-64-62(41-32-34-56-50(37-41)45-21-6-10-28-55(45)69-56)66-63(65-61)48-24-14-30-58-59(48)47-22-7-11-29-57(47)70-58/h1-37H. The van der Waals surface area contributed by atoms with Crippen molar-refractivity contribution in [3.8, 4) is 56.7 Å². The first-order valence-corrected chi connectivity index (χ1v) is 24.3. The van der Waals surface area contributed by atoms with E-state index in [2.05, 4.69) is 209 Å². The van der Waals surface area contributed by atoms with Crippen LogP contribution in [0.5, 0.6) is 0 Å². The molecule has 0 aliphatic heterocycles. The number of para-hydroxylation sites is 4. The summed E-state index contributed by atoms with van der Waals surface area (Å²) in [5.41, 5.74) is 13.5. The van der Waals surface area contributed by atoms with E-state index in [4.69, 9.17) is 19.4 Å². The van der Waals surface area contributed by atoms with Crippen LogP contribution in [-0.2, 0) is 0 Å². The fraction of sp³-hybridized carbons (Fsp3) is 0. The summed E-state index contributed by atoms with van der Waals surface area (Å²) in [7, 11) is 0. The van der Waals surface area contributed by atoms with Gasteiger partial charge in [-0.1, -0.05) is 140 Å². The largest absolute Gasteiger partial charge is 0.456 e. The molecule has 0 atom stereocenters. The molecule has 5 heterocycles. The minimum atomic E-state index is 0.599. The van der Waals surface area contributed by atoms with Crippen molar-refractivity contribution in [2.75, 3.05) is 0 Å². The first kappa shape index (κ1) is 38.9. The van der Waals surface area contributed by atoms with Gasteiger partial charge in [0.2, 0.25) is 0 Å². The Morgan fingerprint density at radius 1 is 0.343 bits per heavy atom. The zero-order valence-corrected chi connectivity index (χ0v) is 38.2. The number of furan rings is 1. The highest BCUT2D eigenvalue weighted by atomic mass is 32.1. The van der Waals surface area contributed by atoms with Gasteiger partial charge in [0.05, 0.1) is 27.8 Å². The first-order valence-electron chi connectivity index (χ1n) is 23.5. The molecule has 326 valence electrons. The Balaban J connectivity index is 0.959. The number of benzene rings is 10. The Hall–Kier alpha value is -9.17. The second-order valence-corrected chi connectivity index (χ2v) is 19.0. The maximum atomic E-state index is 6.25. The van der Waals surface area contributed by atoms with E-state index in [1.54, 1.807) is 11.3 Å². The molecule has 6 nitrogen and oxygen atoms in total. The number of fused-ring (bicyclic) bond motifs is 12. The third kappa shape index (κ3) is 5.89. The molecule has 0 saturated heterocycles. The molecule has 0 radical (unpaired) electrons. The highest BCUT2D eigenvalue weighted by Crippen LogP contribution is 2.43. The lowest BCUT2D eigenvalue weighted by Crippen LogP contribution is -2.01. The van der Waals surface area contributed by atoms with E-state index in [-0.39, 0.29) is 0 Å². The van der Waals surface area contributed by atoms with Crippen molar-refractivity contribution in [2.24, 2.45) is 0 Å². The molecule has 15 aromatic rings. The quantitative estimate of drug-likeness (QED) is 0.167. The summed E-state index contributed by atoms with van der Waals surface area (Å²) in [6, 6.07) is 79.8. The topological polar surface area (TPSA) is 61.7 Å². The third-order valence-electron chi connectivity index (χ3n) is 14.0. The van der Waals surface area contributed by atoms with Crippen LogP contribution >= 0.6 is 11.3 Å². The molecule has 0 bridgehead atoms. The highest BCUT2D eigenvalue weighted by molar-refractivity contribution is 7.25. The fourth-order valence-electron chi connectivity index (χ4n) is 10.9. The summed E-state index contributed by atoms with van der Waals surface area (Å²) >= 11 is 1.79. The van der Waals surface area contributed by atoms with Gasteiger partial charge in [0.25, 0.3) is 0 Å². The van der Waals surface area contributed by atoms with Crippen LogP contribution in [0.4, 0.5) is 0 Å². The Bertz CT molecular complexity index is 4610. The van der Waals surface area contributed by atoms with E-state index >= 15 is 0 Å². The molecule has 15 rings (SSSR count). The molecule has 7 heteroatoms. The van der Waals surface area contributed by atoms with Crippen LogP contribution in [0.15, 0.2) is 229 Å². The van der Waals surface area contributed by atoms with Crippen LogP contribution in [0.3, 0.4) is 0 Å². The number of hydrogen-bond donors (Lipinski definition) is 0. The third-order valence-corrected chi connectivity index (χ3v) is 15.1. The lowest BCUT2D eigenvalue weighted by Gasteiger charge is -2.15. The Morgan fingerprint density at radius 2 is 0.929 bits per heavy atom. The second kappa shape index (κ2) is 15.2. The van der Waals surface area contributed by atoms with Gasteiger partial charge in [0.15, 0.2) is 17.5 Å². The lowest BCUT2D eigenvalue weighted by molar-refractivity contribution is 0.669. The van der Waals surface area contributed by atoms with Crippen LogP contribution in [-0.4, -0.2) is 24.1 Å². The van der Waals surface area contributed by atoms with E-state index < -0.39 is 0 Å². The molecule has 0 aliphatic carbocycles. The molecule has 0 amide bonds. The van der Waals surface area contributed by atoms with Crippen molar-refractivity contribution < 1.29 is 4.42 Å². The molecule has 0 aliphatic rings. The van der Waals surface area contributed by atoms with Gasteiger partial charge < -0.3 is 13.6 Å². The first-order chi connectivity index (χ1) is 34.7. The normalized spacial score (nSPS) is 12.0. The summed E-state index contributed by atoms with van der Waals surface area (Å²) in [4.78, 5) is 16.0.